The largest absolute Gasteiger partial charge is 0.435 e. The number of nitrogens with zero attached hydrogens (tertiary/aromatic N) is 2. The zero-order valence-electron chi connectivity index (χ0n) is 12.5. The molecule has 2 aromatic rings. The van der Waals surface area contributed by atoms with Crippen LogP contribution >= 0.6 is 0 Å². The van der Waals surface area contributed by atoms with Crippen LogP contribution in [0.5, 0.6) is 0 Å². The van der Waals surface area contributed by atoms with Crippen molar-refractivity contribution in [3.05, 3.63) is 41.1 Å². The monoisotopic (exact) mass is 323 g/mol. The number of carbonyl (C=O) groups is 1. The molecule has 0 saturated carbocycles. The van der Waals surface area contributed by atoms with E-state index in [0.717, 1.165) is 17.2 Å². The Hall–Kier alpha value is -2.15. The maximum atomic E-state index is 12.9. The Kier molecular flexibility index (Phi) is 3.75. The van der Waals surface area contributed by atoms with Gasteiger partial charge < -0.3 is 5.73 Å². The summed E-state index contributed by atoms with van der Waals surface area (Å²) in [6.07, 6.45) is -3.17. The standard InChI is InChI=1S/C16H16F3N3O/c1-22-13(8-15(21-22)16(17,18)19)10-4-2-3-9-5-6-12(20)14(23)7-11(9)10/h2-4,8,12H,5-7,20H2,1H3. The summed E-state index contributed by atoms with van der Waals surface area (Å²) in [5.41, 5.74) is 7.54. The van der Waals surface area contributed by atoms with E-state index in [9.17, 15) is 18.0 Å². The summed E-state index contributed by atoms with van der Waals surface area (Å²) in [6.45, 7) is 0. The normalized spacial score (nSPS) is 18.7. The average molecular weight is 323 g/mol. The van der Waals surface area contributed by atoms with Gasteiger partial charge in [-0.05, 0) is 30.0 Å². The number of alkyl halides is 3. The number of aromatic nitrogens is 2. The van der Waals surface area contributed by atoms with Crippen LogP contribution in [-0.2, 0) is 30.9 Å². The first-order valence-corrected chi connectivity index (χ1v) is 7.28. The van der Waals surface area contributed by atoms with Crippen LogP contribution in [0.4, 0.5) is 13.2 Å². The zero-order chi connectivity index (χ0) is 16.8. The molecule has 1 aliphatic carbocycles. The van der Waals surface area contributed by atoms with Gasteiger partial charge in [0.2, 0.25) is 0 Å². The predicted molar refractivity (Wildman–Crippen MR) is 78.7 cm³/mol. The molecule has 0 spiro atoms. The van der Waals surface area contributed by atoms with Crippen LogP contribution in [0.1, 0.15) is 23.2 Å². The molecule has 0 fully saturated rings. The highest BCUT2D eigenvalue weighted by atomic mass is 19.4. The van der Waals surface area contributed by atoms with Gasteiger partial charge in [-0.3, -0.25) is 9.48 Å². The van der Waals surface area contributed by atoms with Gasteiger partial charge in [-0.15, -0.1) is 0 Å². The molecule has 7 heteroatoms. The molecule has 122 valence electrons. The Morgan fingerprint density at radius 1 is 1.35 bits per heavy atom. The van der Waals surface area contributed by atoms with Gasteiger partial charge in [0.25, 0.3) is 0 Å². The number of benzene rings is 1. The molecule has 4 nitrogen and oxygen atoms in total. The van der Waals surface area contributed by atoms with Crippen molar-refractivity contribution >= 4 is 5.78 Å². The molecular weight excluding hydrogens is 307 g/mol. The summed E-state index contributed by atoms with van der Waals surface area (Å²) in [7, 11) is 1.47. The number of Topliss-reactive ketones (excluding diaryl/α,β-unsaturated/α-hetero) is 1. The van der Waals surface area contributed by atoms with Crippen LogP contribution in [0, 0.1) is 0 Å². The summed E-state index contributed by atoms with van der Waals surface area (Å²) in [4.78, 5) is 12.1. The molecule has 1 unspecified atom stereocenters. The SMILES string of the molecule is Cn1nc(C(F)(F)F)cc1-c1cccc2c1CC(=O)C(N)CC2. The van der Waals surface area contributed by atoms with Gasteiger partial charge in [-0.2, -0.15) is 18.3 Å². The minimum Gasteiger partial charge on any atom is -0.321 e. The Morgan fingerprint density at radius 3 is 2.74 bits per heavy atom. The maximum absolute atomic E-state index is 12.9. The summed E-state index contributed by atoms with van der Waals surface area (Å²) in [5, 5.41) is 3.55. The molecule has 0 saturated heterocycles. The molecule has 1 aromatic heterocycles. The van der Waals surface area contributed by atoms with Crippen molar-refractivity contribution in [1.82, 2.24) is 9.78 Å². The van der Waals surface area contributed by atoms with E-state index in [2.05, 4.69) is 5.10 Å². The second-order valence-corrected chi connectivity index (χ2v) is 5.77. The third-order valence-corrected chi connectivity index (χ3v) is 4.21. The highest BCUT2D eigenvalue weighted by molar-refractivity contribution is 5.89. The number of nitrogens with two attached hydrogens (primary N) is 1. The number of aryl methyl sites for hydroxylation is 2. The van der Waals surface area contributed by atoms with Crippen molar-refractivity contribution in [2.45, 2.75) is 31.5 Å². The highest BCUT2D eigenvalue weighted by Crippen LogP contribution is 2.34. The fourth-order valence-corrected chi connectivity index (χ4v) is 2.95. The zero-order valence-corrected chi connectivity index (χ0v) is 12.5. The molecule has 0 aliphatic heterocycles. The summed E-state index contributed by atoms with van der Waals surface area (Å²) < 4.78 is 39.8. The fourth-order valence-electron chi connectivity index (χ4n) is 2.95. The van der Waals surface area contributed by atoms with Gasteiger partial charge in [0.15, 0.2) is 11.5 Å². The second kappa shape index (κ2) is 5.49. The smallest absolute Gasteiger partial charge is 0.321 e. The van der Waals surface area contributed by atoms with Crippen LogP contribution in [0.15, 0.2) is 24.3 Å². The molecule has 2 N–H and O–H groups in total. The molecular formula is C16H16F3N3O. The Bertz CT molecular complexity index is 764. The van der Waals surface area contributed by atoms with Crippen molar-refractivity contribution in [2.75, 3.05) is 0 Å². The molecule has 1 heterocycles. The summed E-state index contributed by atoms with van der Waals surface area (Å²) >= 11 is 0. The van der Waals surface area contributed by atoms with E-state index >= 15 is 0 Å². The minimum absolute atomic E-state index is 0.0885. The van der Waals surface area contributed by atoms with Gasteiger partial charge in [0.05, 0.1) is 11.7 Å². The lowest BCUT2D eigenvalue weighted by Gasteiger charge is -2.12. The molecule has 0 bridgehead atoms. The second-order valence-electron chi connectivity index (χ2n) is 5.77. The van der Waals surface area contributed by atoms with Crippen LogP contribution < -0.4 is 5.73 Å². The van der Waals surface area contributed by atoms with Gasteiger partial charge in [0, 0.05) is 19.0 Å². The summed E-state index contributed by atoms with van der Waals surface area (Å²) in [5.74, 6) is -0.0885. The van der Waals surface area contributed by atoms with Crippen molar-refractivity contribution in [1.29, 1.82) is 0 Å². The first kappa shape index (κ1) is 15.7. The minimum atomic E-state index is -4.50. The third-order valence-electron chi connectivity index (χ3n) is 4.21. The van der Waals surface area contributed by atoms with E-state index in [1.165, 1.54) is 11.7 Å². The maximum Gasteiger partial charge on any atom is 0.435 e. The van der Waals surface area contributed by atoms with Crippen LogP contribution in [0.2, 0.25) is 0 Å². The molecule has 3 rings (SSSR count). The Balaban J connectivity index is 2.12. The van der Waals surface area contributed by atoms with Gasteiger partial charge in [0.1, 0.15) is 0 Å². The number of hydrogen-bond donors (Lipinski definition) is 1. The van der Waals surface area contributed by atoms with Gasteiger partial charge >= 0.3 is 6.18 Å². The Labute approximate surface area is 131 Å². The van der Waals surface area contributed by atoms with E-state index in [1.807, 2.05) is 6.07 Å². The third kappa shape index (κ3) is 2.88. The van der Waals surface area contributed by atoms with Crippen molar-refractivity contribution < 1.29 is 18.0 Å². The number of carbonyl (C=O) groups excluding carboxylic acids is 1. The van der Waals surface area contributed by atoms with Crippen LogP contribution in [-0.4, -0.2) is 21.6 Å². The topological polar surface area (TPSA) is 60.9 Å². The lowest BCUT2D eigenvalue weighted by atomic mass is 9.95. The molecule has 1 atom stereocenters. The van der Waals surface area contributed by atoms with Crippen molar-refractivity contribution in [3.63, 3.8) is 0 Å². The van der Waals surface area contributed by atoms with Crippen molar-refractivity contribution in [3.8, 4) is 11.3 Å². The van der Waals surface area contributed by atoms with E-state index in [0.29, 0.717) is 24.1 Å². The van der Waals surface area contributed by atoms with Gasteiger partial charge in [-0.1, -0.05) is 18.2 Å². The number of fused-ring (bicyclic) bond motifs is 1. The first-order valence-electron chi connectivity index (χ1n) is 7.28. The molecule has 1 aromatic carbocycles. The van der Waals surface area contributed by atoms with E-state index in [1.54, 1.807) is 12.1 Å². The van der Waals surface area contributed by atoms with E-state index in [-0.39, 0.29) is 12.2 Å². The quantitative estimate of drug-likeness (QED) is 0.820. The molecule has 0 amide bonds. The molecule has 23 heavy (non-hydrogen) atoms. The lowest BCUT2D eigenvalue weighted by molar-refractivity contribution is -0.141. The van der Waals surface area contributed by atoms with E-state index < -0.39 is 17.9 Å². The number of halogens is 3. The first-order chi connectivity index (χ1) is 10.8. The van der Waals surface area contributed by atoms with Crippen LogP contribution in [0.3, 0.4) is 0 Å². The fraction of sp³-hybridized carbons (Fsp3) is 0.375. The molecule has 0 radical (unpaired) electrons. The molecule has 1 aliphatic rings. The number of ketones is 1. The van der Waals surface area contributed by atoms with Gasteiger partial charge in [-0.25, -0.2) is 0 Å². The number of hydrogen-bond acceptors (Lipinski definition) is 3. The number of rotatable bonds is 1. The lowest BCUT2D eigenvalue weighted by Crippen LogP contribution is -2.30. The van der Waals surface area contributed by atoms with E-state index in [4.69, 9.17) is 5.73 Å². The predicted octanol–water partition coefficient (Wildman–Crippen LogP) is 2.49. The van der Waals surface area contributed by atoms with Crippen molar-refractivity contribution in [2.24, 2.45) is 12.8 Å². The Morgan fingerprint density at radius 2 is 2.09 bits per heavy atom. The van der Waals surface area contributed by atoms with Crippen LogP contribution in [0.25, 0.3) is 11.3 Å². The highest BCUT2D eigenvalue weighted by Gasteiger charge is 2.35. The average Bonchev–Trinajstić information content (AvgIpc) is 2.80. The summed E-state index contributed by atoms with van der Waals surface area (Å²) in [6, 6.07) is 5.90.